The SMILES string of the molecule is C=CCN1C(=O)NC(=O)[C@](CCc2ccccn2)(Cc2ccc(OC)c(OC)c2)C1=O. The van der Waals surface area contributed by atoms with Gasteiger partial charge in [0.15, 0.2) is 11.5 Å². The van der Waals surface area contributed by atoms with Crippen LogP contribution in [0.3, 0.4) is 0 Å². The minimum absolute atomic E-state index is 0.00914. The molecule has 1 atom stereocenters. The minimum Gasteiger partial charge on any atom is -0.493 e. The van der Waals surface area contributed by atoms with Crippen molar-refractivity contribution in [3.05, 3.63) is 66.5 Å². The normalized spacial score (nSPS) is 18.5. The van der Waals surface area contributed by atoms with Crippen molar-refractivity contribution in [1.29, 1.82) is 0 Å². The molecule has 0 bridgehead atoms. The Hall–Kier alpha value is -3.68. The zero-order chi connectivity index (χ0) is 22.4. The fourth-order valence-corrected chi connectivity index (χ4v) is 3.72. The van der Waals surface area contributed by atoms with Crippen molar-refractivity contribution >= 4 is 17.8 Å². The number of imide groups is 2. The van der Waals surface area contributed by atoms with E-state index < -0.39 is 23.3 Å². The van der Waals surface area contributed by atoms with Crippen LogP contribution in [-0.4, -0.2) is 48.5 Å². The van der Waals surface area contributed by atoms with Crippen LogP contribution in [0.1, 0.15) is 17.7 Å². The van der Waals surface area contributed by atoms with E-state index >= 15 is 0 Å². The highest BCUT2D eigenvalue weighted by atomic mass is 16.5. The van der Waals surface area contributed by atoms with Crippen molar-refractivity contribution in [2.24, 2.45) is 5.41 Å². The van der Waals surface area contributed by atoms with E-state index in [0.717, 1.165) is 10.6 Å². The molecule has 0 spiro atoms. The Labute approximate surface area is 180 Å². The van der Waals surface area contributed by atoms with Gasteiger partial charge in [-0.1, -0.05) is 18.2 Å². The van der Waals surface area contributed by atoms with Crippen LogP contribution in [0.15, 0.2) is 55.3 Å². The van der Waals surface area contributed by atoms with Crippen LogP contribution in [0.2, 0.25) is 0 Å². The number of pyridine rings is 1. The van der Waals surface area contributed by atoms with Crippen molar-refractivity contribution < 1.29 is 23.9 Å². The maximum absolute atomic E-state index is 13.5. The lowest BCUT2D eigenvalue weighted by molar-refractivity contribution is -0.151. The third-order valence-corrected chi connectivity index (χ3v) is 5.35. The van der Waals surface area contributed by atoms with Gasteiger partial charge < -0.3 is 9.47 Å². The molecular formula is C23H25N3O5. The van der Waals surface area contributed by atoms with Gasteiger partial charge in [-0.3, -0.25) is 24.8 Å². The predicted molar refractivity (Wildman–Crippen MR) is 114 cm³/mol. The molecule has 31 heavy (non-hydrogen) atoms. The van der Waals surface area contributed by atoms with Crippen LogP contribution in [-0.2, 0) is 22.4 Å². The lowest BCUT2D eigenvalue weighted by Gasteiger charge is -2.39. The summed E-state index contributed by atoms with van der Waals surface area (Å²) in [6, 6.07) is 9.97. The van der Waals surface area contributed by atoms with Gasteiger partial charge in [0.2, 0.25) is 11.8 Å². The number of hydrogen-bond acceptors (Lipinski definition) is 6. The summed E-state index contributed by atoms with van der Waals surface area (Å²) < 4.78 is 10.6. The summed E-state index contributed by atoms with van der Waals surface area (Å²) >= 11 is 0. The van der Waals surface area contributed by atoms with Crippen LogP contribution in [0.4, 0.5) is 4.79 Å². The standard InChI is InChI=1S/C23H25N3O5/c1-4-13-26-21(28)23(20(27)25-22(26)29,11-10-17-7-5-6-12-24-17)15-16-8-9-18(30-2)19(14-16)31-3/h4-9,12,14H,1,10-11,13,15H2,2-3H3,(H,25,27,29)/t23-/m0/s1. The number of benzene rings is 1. The number of aromatic nitrogens is 1. The highest BCUT2D eigenvalue weighted by Crippen LogP contribution is 2.37. The van der Waals surface area contributed by atoms with Crippen molar-refractivity contribution in [3.8, 4) is 11.5 Å². The van der Waals surface area contributed by atoms with Gasteiger partial charge in [0.05, 0.1) is 14.2 Å². The van der Waals surface area contributed by atoms with Gasteiger partial charge in [-0.05, 0) is 49.1 Å². The van der Waals surface area contributed by atoms with Crippen LogP contribution in [0.5, 0.6) is 11.5 Å². The van der Waals surface area contributed by atoms with Crippen LogP contribution in [0.25, 0.3) is 0 Å². The Kier molecular flexibility index (Phi) is 6.69. The highest BCUT2D eigenvalue weighted by molar-refractivity contribution is 6.19. The molecule has 1 aromatic heterocycles. The van der Waals surface area contributed by atoms with Crippen LogP contribution in [0, 0.1) is 5.41 Å². The number of amides is 4. The summed E-state index contributed by atoms with van der Waals surface area (Å²) in [6.45, 7) is 3.62. The summed E-state index contributed by atoms with van der Waals surface area (Å²) in [5.41, 5.74) is -0.0226. The summed E-state index contributed by atoms with van der Waals surface area (Å²) in [5, 5.41) is 2.35. The average Bonchev–Trinajstić information content (AvgIpc) is 2.79. The van der Waals surface area contributed by atoms with Crippen LogP contribution < -0.4 is 14.8 Å². The molecule has 1 aliphatic rings. The molecule has 0 radical (unpaired) electrons. The quantitative estimate of drug-likeness (QED) is 0.492. The fourth-order valence-electron chi connectivity index (χ4n) is 3.72. The van der Waals surface area contributed by atoms with Gasteiger partial charge in [-0.2, -0.15) is 0 Å². The monoisotopic (exact) mass is 423 g/mol. The molecule has 0 saturated carbocycles. The first-order valence-electron chi connectivity index (χ1n) is 9.84. The molecule has 8 heteroatoms. The molecule has 4 amide bonds. The number of carbonyl (C=O) groups is 3. The van der Waals surface area contributed by atoms with Gasteiger partial charge in [0.25, 0.3) is 0 Å². The molecule has 1 saturated heterocycles. The first kappa shape index (κ1) is 22.0. The number of aryl methyl sites for hydroxylation is 1. The van der Waals surface area contributed by atoms with Crippen molar-refractivity contribution in [3.63, 3.8) is 0 Å². The number of urea groups is 1. The fraction of sp³-hybridized carbons (Fsp3) is 0.304. The Morgan fingerprint density at radius 3 is 2.55 bits per heavy atom. The van der Waals surface area contributed by atoms with E-state index in [2.05, 4.69) is 16.9 Å². The van der Waals surface area contributed by atoms with E-state index in [0.29, 0.717) is 23.5 Å². The molecule has 8 nitrogen and oxygen atoms in total. The molecule has 0 unspecified atom stereocenters. The molecule has 3 rings (SSSR count). The zero-order valence-electron chi connectivity index (χ0n) is 17.6. The van der Waals surface area contributed by atoms with E-state index in [1.54, 1.807) is 30.5 Å². The van der Waals surface area contributed by atoms with Gasteiger partial charge in [0, 0.05) is 18.4 Å². The minimum atomic E-state index is -1.48. The van der Waals surface area contributed by atoms with E-state index in [1.807, 2.05) is 12.1 Å². The van der Waals surface area contributed by atoms with E-state index in [4.69, 9.17) is 9.47 Å². The van der Waals surface area contributed by atoms with Gasteiger partial charge in [-0.15, -0.1) is 6.58 Å². The first-order chi connectivity index (χ1) is 14.9. The summed E-state index contributed by atoms with van der Waals surface area (Å²) in [6.07, 6.45) is 3.78. The van der Waals surface area contributed by atoms with E-state index in [-0.39, 0.29) is 19.4 Å². The lowest BCUT2D eigenvalue weighted by atomic mass is 9.74. The second-order valence-corrected chi connectivity index (χ2v) is 7.23. The zero-order valence-corrected chi connectivity index (χ0v) is 17.6. The molecule has 162 valence electrons. The molecule has 1 aliphatic heterocycles. The largest absolute Gasteiger partial charge is 0.493 e. The summed E-state index contributed by atoms with van der Waals surface area (Å²) in [5.74, 6) is -0.139. The van der Waals surface area contributed by atoms with Crippen LogP contribution >= 0.6 is 0 Å². The second-order valence-electron chi connectivity index (χ2n) is 7.23. The van der Waals surface area contributed by atoms with Crippen molar-refractivity contribution in [2.45, 2.75) is 19.3 Å². The maximum Gasteiger partial charge on any atom is 0.331 e. The smallest absolute Gasteiger partial charge is 0.331 e. The number of rotatable bonds is 9. The third-order valence-electron chi connectivity index (χ3n) is 5.35. The summed E-state index contributed by atoms with van der Waals surface area (Å²) in [4.78, 5) is 44.2. The average molecular weight is 423 g/mol. The molecule has 2 aromatic rings. The molecule has 1 fully saturated rings. The molecule has 2 heterocycles. The number of nitrogens with one attached hydrogen (secondary N) is 1. The predicted octanol–water partition coefficient (Wildman–Crippen LogP) is 2.52. The molecule has 1 aromatic carbocycles. The topological polar surface area (TPSA) is 97.8 Å². The maximum atomic E-state index is 13.5. The third kappa shape index (κ3) is 4.42. The van der Waals surface area contributed by atoms with E-state index in [1.165, 1.54) is 20.3 Å². The van der Waals surface area contributed by atoms with Gasteiger partial charge in [-0.25, -0.2) is 4.79 Å². The first-order valence-corrected chi connectivity index (χ1v) is 9.84. The number of ether oxygens (including phenoxy) is 2. The van der Waals surface area contributed by atoms with Gasteiger partial charge in [0.1, 0.15) is 5.41 Å². The number of carbonyl (C=O) groups excluding carboxylic acids is 3. The Morgan fingerprint density at radius 2 is 1.90 bits per heavy atom. The number of barbiturate groups is 1. The lowest BCUT2D eigenvalue weighted by Crippen LogP contribution is -2.64. The second kappa shape index (κ2) is 9.42. The Morgan fingerprint density at radius 1 is 1.13 bits per heavy atom. The molecule has 0 aliphatic carbocycles. The Bertz CT molecular complexity index is 992. The molecule has 1 N–H and O–H groups in total. The van der Waals surface area contributed by atoms with Crippen molar-refractivity contribution in [1.82, 2.24) is 15.2 Å². The highest BCUT2D eigenvalue weighted by Gasteiger charge is 2.53. The number of hydrogen-bond donors (Lipinski definition) is 1. The Balaban J connectivity index is 2.01. The molecular weight excluding hydrogens is 398 g/mol. The van der Waals surface area contributed by atoms with E-state index in [9.17, 15) is 14.4 Å². The number of nitrogens with zero attached hydrogens (tertiary/aromatic N) is 2. The van der Waals surface area contributed by atoms with Crippen molar-refractivity contribution in [2.75, 3.05) is 20.8 Å². The number of methoxy groups -OCH3 is 2. The van der Waals surface area contributed by atoms with Gasteiger partial charge >= 0.3 is 6.03 Å². The summed E-state index contributed by atoms with van der Waals surface area (Å²) in [7, 11) is 3.05.